The Balaban J connectivity index is 2.74. The Morgan fingerprint density at radius 2 is 2.55 bits per heavy atom. The van der Waals surface area contributed by atoms with Gasteiger partial charge in [0, 0.05) is 4.90 Å². The maximum Gasteiger partial charge on any atom is 0.138 e. The van der Waals surface area contributed by atoms with Crippen molar-refractivity contribution < 1.29 is 4.74 Å². The lowest BCUT2D eigenvalue weighted by Gasteiger charge is -2.01. The van der Waals surface area contributed by atoms with Gasteiger partial charge in [-0.25, -0.2) is 4.98 Å². The highest BCUT2D eigenvalue weighted by molar-refractivity contribution is 7.98. The van der Waals surface area contributed by atoms with E-state index >= 15 is 0 Å². The van der Waals surface area contributed by atoms with Gasteiger partial charge in [0.15, 0.2) is 0 Å². The zero-order valence-corrected chi connectivity index (χ0v) is 7.44. The van der Waals surface area contributed by atoms with Crippen molar-refractivity contribution in [2.24, 2.45) is 0 Å². The summed E-state index contributed by atoms with van der Waals surface area (Å²) in [5, 5.41) is 0. The minimum absolute atomic E-state index is 0.680. The first-order chi connectivity index (χ1) is 5.36. The van der Waals surface area contributed by atoms with Gasteiger partial charge in [-0.3, -0.25) is 0 Å². The Labute approximate surface area is 71.0 Å². The number of pyridine rings is 1. The molecule has 3 heteroatoms. The highest BCUT2D eigenvalue weighted by Crippen LogP contribution is 2.17. The summed E-state index contributed by atoms with van der Waals surface area (Å²) >= 11 is 1.61. The van der Waals surface area contributed by atoms with Crippen LogP contribution in [0.15, 0.2) is 17.2 Å². The van der Waals surface area contributed by atoms with Crippen LogP contribution in [0, 0.1) is 6.20 Å². The summed E-state index contributed by atoms with van der Waals surface area (Å²) in [5.74, 6) is 0.815. The highest BCUT2D eigenvalue weighted by atomic mass is 32.2. The van der Waals surface area contributed by atoms with E-state index in [1.54, 1.807) is 18.0 Å². The van der Waals surface area contributed by atoms with E-state index < -0.39 is 0 Å². The molecule has 0 N–H and O–H groups in total. The van der Waals surface area contributed by atoms with Gasteiger partial charge in [0.2, 0.25) is 0 Å². The average Bonchev–Trinajstić information content (AvgIpc) is 2.06. The second kappa shape index (κ2) is 4.23. The second-order valence-corrected chi connectivity index (χ2v) is 2.77. The van der Waals surface area contributed by atoms with Gasteiger partial charge >= 0.3 is 0 Å². The summed E-state index contributed by atoms with van der Waals surface area (Å²) in [6.45, 7) is 2.63. The van der Waals surface area contributed by atoms with E-state index in [4.69, 9.17) is 4.74 Å². The van der Waals surface area contributed by atoms with Crippen LogP contribution in [0.2, 0.25) is 0 Å². The number of nitrogens with zero attached hydrogens (tertiary/aromatic N) is 1. The fourth-order valence-corrected chi connectivity index (χ4v) is 1.09. The van der Waals surface area contributed by atoms with E-state index in [-0.39, 0.29) is 0 Å². The van der Waals surface area contributed by atoms with Crippen molar-refractivity contribution in [3.63, 3.8) is 0 Å². The van der Waals surface area contributed by atoms with E-state index in [1.807, 2.05) is 19.2 Å². The van der Waals surface area contributed by atoms with Gasteiger partial charge in [-0.05, 0) is 19.2 Å². The normalized spacial score (nSPS) is 9.64. The molecule has 1 radical (unpaired) electrons. The molecule has 0 atom stereocenters. The monoisotopic (exact) mass is 168 g/mol. The lowest BCUT2D eigenvalue weighted by Crippen LogP contribution is -1.91. The molecule has 0 unspecified atom stereocenters. The minimum atomic E-state index is 0.680. The van der Waals surface area contributed by atoms with Crippen LogP contribution in [0.25, 0.3) is 0 Å². The van der Waals surface area contributed by atoms with Crippen molar-refractivity contribution in [1.82, 2.24) is 4.98 Å². The van der Waals surface area contributed by atoms with Gasteiger partial charge in [-0.1, -0.05) is 0 Å². The van der Waals surface area contributed by atoms with Gasteiger partial charge in [0.05, 0.1) is 12.8 Å². The lowest BCUT2D eigenvalue weighted by molar-refractivity contribution is 0.338. The van der Waals surface area contributed by atoms with Crippen molar-refractivity contribution in [2.45, 2.75) is 11.8 Å². The predicted molar refractivity (Wildman–Crippen MR) is 46.0 cm³/mol. The standard InChI is InChI=1S/C8H10NOS/c1-3-10-7-4-8(11-2)6-9-5-7/h4-5H,3H2,1-2H3. The summed E-state index contributed by atoms with van der Waals surface area (Å²) in [4.78, 5) is 4.91. The lowest BCUT2D eigenvalue weighted by atomic mass is 10.5. The summed E-state index contributed by atoms with van der Waals surface area (Å²) in [6.07, 6.45) is 6.51. The molecule has 1 rings (SSSR count). The summed E-state index contributed by atoms with van der Waals surface area (Å²) < 4.78 is 5.25. The maximum absolute atomic E-state index is 5.25. The molecular formula is C8H10NOS. The highest BCUT2D eigenvalue weighted by Gasteiger charge is 1.94. The quantitative estimate of drug-likeness (QED) is 0.644. The molecule has 0 amide bonds. The zero-order valence-electron chi connectivity index (χ0n) is 6.63. The molecular weight excluding hydrogens is 158 g/mol. The molecule has 0 fully saturated rings. The van der Waals surface area contributed by atoms with Gasteiger partial charge in [-0.2, -0.15) is 0 Å². The molecule has 0 bridgehead atoms. The first kappa shape index (κ1) is 8.40. The molecule has 0 saturated heterocycles. The van der Waals surface area contributed by atoms with Crippen LogP contribution < -0.4 is 4.74 Å². The average molecular weight is 168 g/mol. The van der Waals surface area contributed by atoms with Crippen molar-refractivity contribution in [2.75, 3.05) is 12.9 Å². The topological polar surface area (TPSA) is 22.1 Å². The third-order valence-electron chi connectivity index (χ3n) is 1.17. The molecule has 0 spiro atoms. The molecule has 0 saturated carbocycles. The molecule has 11 heavy (non-hydrogen) atoms. The van der Waals surface area contributed by atoms with Crippen molar-refractivity contribution in [3.05, 3.63) is 18.5 Å². The Morgan fingerprint density at radius 3 is 3.18 bits per heavy atom. The molecule has 0 aliphatic rings. The number of aromatic nitrogens is 1. The van der Waals surface area contributed by atoms with Crippen LogP contribution in [0.4, 0.5) is 0 Å². The van der Waals surface area contributed by atoms with Gasteiger partial charge in [0.25, 0.3) is 0 Å². The molecule has 0 aliphatic carbocycles. The van der Waals surface area contributed by atoms with E-state index in [0.29, 0.717) is 6.61 Å². The maximum atomic E-state index is 5.25. The van der Waals surface area contributed by atoms with Crippen LogP contribution in [0.3, 0.4) is 0 Å². The smallest absolute Gasteiger partial charge is 0.138 e. The summed E-state index contributed by atoms with van der Waals surface area (Å²) in [6, 6.07) is 1.93. The Kier molecular flexibility index (Phi) is 3.23. The van der Waals surface area contributed by atoms with Crippen molar-refractivity contribution in [1.29, 1.82) is 0 Å². The van der Waals surface area contributed by atoms with Crippen LogP contribution in [-0.4, -0.2) is 17.8 Å². The predicted octanol–water partition coefficient (Wildman–Crippen LogP) is 2.00. The van der Waals surface area contributed by atoms with Crippen LogP contribution in [0.1, 0.15) is 6.92 Å². The molecule has 59 valence electrons. The first-order valence-corrected chi connectivity index (χ1v) is 4.63. The van der Waals surface area contributed by atoms with Crippen LogP contribution in [-0.2, 0) is 0 Å². The number of hydrogen-bond acceptors (Lipinski definition) is 3. The zero-order chi connectivity index (χ0) is 8.10. The van der Waals surface area contributed by atoms with Crippen LogP contribution in [0.5, 0.6) is 5.75 Å². The Hall–Kier alpha value is -0.700. The van der Waals surface area contributed by atoms with E-state index in [1.165, 1.54) is 0 Å². The van der Waals surface area contributed by atoms with E-state index in [0.717, 1.165) is 10.6 Å². The van der Waals surface area contributed by atoms with Gasteiger partial charge in [0.1, 0.15) is 11.9 Å². The molecule has 0 aromatic carbocycles. The van der Waals surface area contributed by atoms with E-state index in [9.17, 15) is 0 Å². The Morgan fingerprint density at radius 1 is 1.73 bits per heavy atom. The fraction of sp³-hybridized carbons (Fsp3) is 0.375. The van der Waals surface area contributed by atoms with Crippen molar-refractivity contribution in [3.8, 4) is 5.75 Å². The molecule has 1 aromatic heterocycles. The Bertz CT molecular complexity index is 227. The summed E-state index contributed by atoms with van der Waals surface area (Å²) in [7, 11) is 0. The number of ether oxygens (including phenoxy) is 1. The molecule has 2 nitrogen and oxygen atoms in total. The van der Waals surface area contributed by atoms with Gasteiger partial charge in [-0.15, -0.1) is 11.8 Å². The van der Waals surface area contributed by atoms with Crippen LogP contribution >= 0.6 is 11.8 Å². The molecule has 0 aliphatic heterocycles. The van der Waals surface area contributed by atoms with E-state index in [2.05, 4.69) is 11.2 Å². The molecule has 1 heterocycles. The third-order valence-corrected chi connectivity index (χ3v) is 1.82. The largest absolute Gasteiger partial charge is 0.492 e. The number of rotatable bonds is 3. The summed E-state index contributed by atoms with van der Waals surface area (Å²) in [5.41, 5.74) is 0. The second-order valence-electron chi connectivity index (χ2n) is 1.92. The van der Waals surface area contributed by atoms with Crippen molar-refractivity contribution >= 4 is 11.8 Å². The van der Waals surface area contributed by atoms with Gasteiger partial charge < -0.3 is 4.74 Å². The first-order valence-electron chi connectivity index (χ1n) is 3.41. The minimum Gasteiger partial charge on any atom is -0.492 e. The fourth-order valence-electron chi connectivity index (χ4n) is 0.708. The molecule has 1 aromatic rings. The third kappa shape index (κ3) is 2.42. The number of hydrogen-bond donors (Lipinski definition) is 0. The SMILES string of the molecule is CCOc1cn[c]c(SC)c1. The number of thioether (sulfide) groups is 1.